The van der Waals surface area contributed by atoms with Crippen LogP contribution in [0.2, 0.25) is 0 Å². The minimum atomic E-state index is -0.953. The number of hydrogen-bond donors (Lipinski definition) is 4. The van der Waals surface area contributed by atoms with Gasteiger partial charge in [0.25, 0.3) is 0 Å². The fourth-order valence-electron chi connectivity index (χ4n) is 7.25. The lowest BCUT2D eigenvalue weighted by molar-refractivity contribution is -0.144. The zero-order valence-corrected chi connectivity index (χ0v) is 39.8. The van der Waals surface area contributed by atoms with E-state index in [0.29, 0.717) is 39.1 Å². The van der Waals surface area contributed by atoms with E-state index in [0.717, 1.165) is 128 Å². The number of unbranched alkanes of at least 4 members (excludes halogenated alkanes) is 17. The van der Waals surface area contributed by atoms with E-state index >= 15 is 0 Å². The summed E-state index contributed by atoms with van der Waals surface area (Å²) in [5.41, 5.74) is 0. The molecule has 0 aromatic rings. The van der Waals surface area contributed by atoms with Crippen LogP contribution in [0.25, 0.3) is 0 Å². The van der Waals surface area contributed by atoms with Crippen LogP contribution in [-0.4, -0.2) is 109 Å². The third-order valence-electron chi connectivity index (χ3n) is 11.2. The van der Waals surface area contributed by atoms with Crippen molar-refractivity contribution in [3.63, 3.8) is 0 Å². The second-order valence-electron chi connectivity index (χ2n) is 18.1. The second-order valence-corrected chi connectivity index (χ2v) is 18.1. The first-order valence-corrected chi connectivity index (χ1v) is 24.5. The van der Waals surface area contributed by atoms with E-state index < -0.39 is 12.2 Å². The van der Waals surface area contributed by atoms with Crippen molar-refractivity contribution in [2.45, 2.75) is 233 Å². The molecule has 354 valence electrons. The molecule has 0 radical (unpaired) electrons. The standard InChI is InChI=1S/C48H95NO8.CH4O/c1-41(2)29-19-11-9-17-26-37-56-46(52)31-21-13-7-15-23-33-49(35-25-28-36-55-44(6)39-45(51)48(54)43(5)40-50)34-24-16-8-14-22-32-47(53)57-38-27-18-10-12-20-30-42(3)4;1-2/h41-45,48,50-51,54H,7-40H2,1-6H3;2H,1H3/t43-,44?,45-,48?;/m1./s1. The van der Waals surface area contributed by atoms with Crippen molar-refractivity contribution in [1.29, 1.82) is 0 Å². The highest BCUT2D eigenvalue weighted by molar-refractivity contribution is 5.69. The minimum Gasteiger partial charge on any atom is -0.466 e. The quantitative estimate of drug-likeness (QED) is 0.0346. The molecule has 0 fully saturated rings. The van der Waals surface area contributed by atoms with Gasteiger partial charge in [0.05, 0.1) is 31.5 Å². The predicted molar refractivity (Wildman–Crippen MR) is 245 cm³/mol. The smallest absolute Gasteiger partial charge is 0.305 e. The van der Waals surface area contributed by atoms with Gasteiger partial charge in [-0.05, 0) is 89.8 Å². The summed E-state index contributed by atoms with van der Waals surface area (Å²) in [6.07, 6.45) is 26.7. The second kappa shape index (κ2) is 44.7. The fourth-order valence-corrected chi connectivity index (χ4v) is 7.25. The normalized spacial score (nSPS) is 13.7. The van der Waals surface area contributed by atoms with Crippen molar-refractivity contribution < 1.29 is 44.2 Å². The van der Waals surface area contributed by atoms with Crippen molar-refractivity contribution in [1.82, 2.24) is 4.90 Å². The van der Waals surface area contributed by atoms with Gasteiger partial charge in [-0.3, -0.25) is 9.59 Å². The molecule has 0 aliphatic heterocycles. The summed E-state index contributed by atoms with van der Waals surface area (Å²) in [6.45, 7) is 17.5. The monoisotopic (exact) mass is 846 g/mol. The number of esters is 2. The lowest BCUT2D eigenvalue weighted by atomic mass is 9.97. The van der Waals surface area contributed by atoms with Crippen LogP contribution in [0, 0.1) is 17.8 Å². The Morgan fingerprint density at radius 3 is 1.27 bits per heavy atom. The molecule has 0 aliphatic rings. The predicted octanol–water partition coefficient (Wildman–Crippen LogP) is 10.6. The molecule has 10 nitrogen and oxygen atoms in total. The number of hydrogen-bond acceptors (Lipinski definition) is 10. The first-order chi connectivity index (χ1) is 28.5. The maximum atomic E-state index is 12.1. The third kappa shape index (κ3) is 43.2. The summed E-state index contributed by atoms with van der Waals surface area (Å²) >= 11 is 0. The molecule has 0 aromatic heterocycles. The Hall–Kier alpha value is -1.30. The zero-order chi connectivity index (χ0) is 44.4. The molecule has 4 atom stereocenters. The van der Waals surface area contributed by atoms with Crippen LogP contribution in [0.5, 0.6) is 0 Å². The summed E-state index contributed by atoms with van der Waals surface area (Å²) in [4.78, 5) is 26.9. The van der Waals surface area contributed by atoms with Gasteiger partial charge in [0.1, 0.15) is 0 Å². The van der Waals surface area contributed by atoms with Crippen LogP contribution in [0.1, 0.15) is 215 Å². The Bertz CT molecular complexity index is 840. The van der Waals surface area contributed by atoms with Crippen molar-refractivity contribution in [3.8, 4) is 0 Å². The van der Waals surface area contributed by atoms with E-state index in [-0.39, 0.29) is 30.6 Å². The minimum absolute atomic E-state index is 0.0436. The van der Waals surface area contributed by atoms with Gasteiger partial charge < -0.3 is 39.5 Å². The Morgan fingerprint density at radius 2 is 0.847 bits per heavy atom. The molecule has 0 spiro atoms. The Balaban J connectivity index is 0. The Morgan fingerprint density at radius 1 is 0.492 bits per heavy atom. The number of carbonyl (C=O) groups is 2. The molecule has 0 saturated carbocycles. The molecule has 10 heteroatoms. The molecule has 0 aliphatic carbocycles. The van der Waals surface area contributed by atoms with E-state index in [4.69, 9.17) is 19.3 Å². The van der Waals surface area contributed by atoms with Crippen LogP contribution in [0.3, 0.4) is 0 Å². The average Bonchev–Trinajstić information content (AvgIpc) is 3.21. The molecule has 59 heavy (non-hydrogen) atoms. The number of carbonyl (C=O) groups excluding carboxylic acids is 2. The van der Waals surface area contributed by atoms with Crippen molar-refractivity contribution in [2.24, 2.45) is 17.8 Å². The SMILES string of the molecule is CC(C)CCCCCCCOC(=O)CCCCCCCN(CCCCCCCC(=O)OCCCCCCCC(C)C)CCCCOC(C)C[C@@H](O)C(O)[C@H](C)CO.CO. The lowest BCUT2D eigenvalue weighted by Crippen LogP contribution is -2.36. The van der Waals surface area contributed by atoms with Crippen LogP contribution in [-0.2, 0) is 23.8 Å². The maximum Gasteiger partial charge on any atom is 0.305 e. The fraction of sp³-hybridized carbons (Fsp3) is 0.959. The van der Waals surface area contributed by atoms with Gasteiger partial charge in [0.2, 0.25) is 0 Å². The van der Waals surface area contributed by atoms with E-state index in [1.54, 1.807) is 6.92 Å². The number of rotatable bonds is 43. The van der Waals surface area contributed by atoms with Crippen LogP contribution in [0.4, 0.5) is 0 Å². The van der Waals surface area contributed by atoms with Gasteiger partial charge in [-0.15, -0.1) is 0 Å². The molecule has 0 heterocycles. The first kappa shape index (κ1) is 59.8. The average molecular weight is 846 g/mol. The molecular formula is C49H99NO9. The summed E-state index contributed by atoms with van der Waals surface area (Å²) in [5, 5.41) is 36.7. The molecule has 0 saturated heterocycles. The number of aliphatic hydroxyl groups excluding tert-OH is 4. The summed E-state index contributed by atoms with van der Waals surface area (Å²) in [5.74, 6) is 1.12. The molecule has 2 unspecified atom stereocenters. The summed E-state index contributed by atoms with van der Waals surface area (Å²) in [6, 6.07) is 0. The molecule has 0 rings (SSSR count). The first-order valence-electron chi connectivity index (χ1n) is 24.5. The largest absolute Gasteiger partial charge is 0.466 e. The van der Waals surface area contributed by atoms with Crippen molar-refractivity contribution in [3.05, 3.63) is 0 Å². The lowest BCUT2D eigenvalue weighted by Gasteiger charge is -2.25. The molecule has 0 amide bonds. The number of nitrogens with zero attached hydrogens (tertiary/aromatic N) is 1. The van der Waals surface area contributed by atoms with Crippen LogP contribution < -0.4 is 0 Å². The van der Waals surface area contributed by atoms with Gasteiger partial charge in [-0.2, -0.15) is 0 Å². The van der Waals surface area contributed by atoms with E-state index in [2.05, 4.69) is 32.6 Å². The van der Waals surface area contributed by atoms with Gasteiger partial charge in [-0.1, -0.05) is 137 Å². The summed E-state index contributed by atoms with van der Waals surface area (Å²) in [7, 11) is 1.00. The van der Waals surface area contributed by atoms with Crippen LogP contribution in [0.15, 0.2) is 0 Å². The van der Waals surface area contributed by atoms with Gasteiger partial charge in [0, 0.05) is 45.5 Å². The molecule has 0 bridgehead atoms. The third-order valence-corrected chi connectivity index (χ3v) is 11.2. The maximum absolute atomic E-state index is 12.1. The Labute approximate surface area is 364 Å². The molecule has 4 N–H and O–H groups in total. The van der Waals surface area contributed by atoms with E-state index in [9.17, 15) is 24.9 Å². The topological polar surface area (TPSA) is 146 Å². The summed E-state index contributed by atoms with van der Waals surface area (Å²) < 4.78 is 16.9. The highest BCUT2D eigenvalue weighted by Crippen LogP contribution is 2.16. The van der Waals surface area contributed by atoms with E-state index in [1.807, 2.05) is 6.92 Å². The van der Waals surface area contributed by atoms with Gasteiger partial charge >= 0.3 is 11.9 Å². The van der Waals surface area contributed by atoms with Crippen LogP contribution >= 0.6 is 0 Å². The number of ether oxygens (including phenoxy) is 3. The molecular weight excluding hydrogens is 747 g/mol. The van der Waals surface area contributed by atoms with Crippen molar-refractivity contribution >= 4 is 11.9 Å². The molecule has 0 aromatic carbocycles. The Kier molecular flexibility index (Phi) is 45.3. The highest BCUT2D eigenvalue weighted by Gasteiger charge is 2.24. The van der Waals surface area contributed by atoms with Gasteiger partial charge in [-0.25, -0.2) is 0 Å². The van der Waals surface area contributed by atoms with Crippen molar-refractivity contribution in [2.75, 3.05) is 53.2 Å². The van der Waals surface area contributed by atoms with E-state index in [1.165, 1.54) is 64.2 Å². The number of aliphatic hydroxyl groups is 4. The zero-order valence-electron chi connectivity index (χ0n) is 39.8. The van der Waals surface area contributed by atoms with Gasteiger partial charge in [0.15, 0.2) is 0 Å². The highest BCUT2D eigenvalue weighted by atomic mass is 16.5.